The predicted octanol–water partition coefficient (Wildman–Crippen LogP) is 0.621. The molecule has 0 fully saturated rings. The molecular formula is O2PTc+6. The van der Waals surface area contributed by atoms with E-state index in [0.29, 0.717) is 0 Å². The summed E-state index contributed by atoms with van der Waals surface area (Å²) >= 11 is 0. The summed E-state index contributed by atoms with van der Waals surface area (Å²) in [6, 6.07) is 0. The first-order valence-corrected chi connectivity index (χ1v) is 1.10. The molecule has 0 radical (unpaired) electrons. The van der Waals surface area contributed by atoms with Gasteiger partial charge in [-0.05, 0) is 0 Å². The van der Waals surface area contributed by atoms with E-state index in [4.69, 9.17) is 9.13 Å². The zero-order valence-electron chi connectivity index (χ0n) is 1.64. The summed E-state index contributed by atoms with van der Waals surface area (Å²) in [5.74, 6) is 0. The van der Waals surface area contributed by atoms with Crippen molar-refractivity contribution in [2.75, 3.05) is 0 Å². The van der Waals surface area contributed by atoms with Crippen LogP contribution in [0.1, 0.15) is 0 Å². The van der Waals surface area contributed by atoms with Gasteiger partial charge in [0, 0.05) is 0 Å². The molecule has 0 rings (SSSR count). The Morgan fingerprint density at radius 2 is 1.25 bits per heavy atom. The SMILES string of the molecule is O=[P+]=O.[Tc+5]. The van der Waals surface area contributed by atoms with Crippen LogP contribution in [0, 0.1) is 0 Å². The summed E-state index contributed by atoms with van der Waals surface area (Å²) in [4.78, 5) is 0. The Balaban J connectivity index is 0. The largest absolute Gasteiger partial charge is 5.00 e. The van der Waals surface area contributed by atoms with Crippen molar-refractivity contribution >= 4 is 8.34 Å². The first-order chi connectivity index (χ1) is 1.41. The second-order valence-corrected chi connectivity index (χ2v) is 0.224. The Labute approximate surface area is 38.2 Å². The molecule has 2 nitrogen and oxygen atoms in total. The second-order valence-electron chi connectivity index (χ2n) is 0.0745. The maximum atomic E-state index is 8.35. The van der Waals surface area contributed by atoms with Crippen LogP contribution in [0.3, 0.4) is 0 Å². The average molecular weight is 161 g/mol. The molecule has 0 bridgehead atoms. The van der Waals surface area contributed by atoms with Crippen LogP contribution in [0.2, 0.25) is 0 Å². The third-order valence-corrected chi connectivity index (χ3v) is 0. The molecule has 0 aliphatic carbocycles. The van der Waals surface area contributed by atoms with Crippen molar-refractivity contribution in [2.45, 2.75) is 0 Å². The van der Waals surface area contributed by atoms with Gasteiger partial charge in [0.05, 0.1) is 0 Å². The first kappa shape index (κ1) is 8.82. The van der Waals surface area contributed by atoms with Crippen molar-refractivity contribution in [2.24, 2.45) is 0 Å². The first-order valence-electron chi connectivity index (χ1n) is 0.365. The minimum absolute atomic E-state index is 0. The van der Waals surface area contributed by atoms with Crippen molar-refractivity contribution in [1.29, 1.82) is 0 Å². The van der Waals surface area contributed by atoms with Crippen LogP contribution in [0.4, 0.5) is 0 Å². The van der Waals surface area contributed by atoms with Crippen molar-refractivity contribution in [1.82, 2.24) is 0 Å². The number of hydrogen-bond donors (Lipinski definition) is 0. The molecule has 4 heavy (non-hydrogen) atoms. The normalized spacial score (nSPS) is 2.00. The molecule has 0 amide bonds. The summed E-state index contributed by atoms with van der Waals surface area (Å²) in [5.41, 5.74) is 0. The third-order valence-electron chi connectivity index (χ3n) is 0. The van der Waals surface area contributed by atoms with E-state index in [0.717, 1.165) is 0 Å². The molecule has 0 aliphatic rings. The fourth-order valence-electron chi connectivity index (χ4n) is 0. The Hall–Kier alpha value is 0.679. The fourth-order valence-corrected chi connectivity index (χ4v) is 0. The van der Waals surface area contributed by atoms with Crippen LogP contribution in [0.5, 0.6) is 0 Å². The summed E-state index contributed by atoms with van der Waals surface area (Å²) in [6.07, 6.45) is 0. The van der Waals surface area contributed by atoms with E-state index in [-0.39, 0.29) is 20.1 Å². The second kappa shape index (κ2) is 9.37. The van der Waals surface area contributed by atoms with E-state index in [9.17, 15) is 0 Å². The Morgan fingerprint density at radius 3 is 1.25 bits per heavy atom. The maximum Gasteiger partial charge on any atom is 5.00 e. The molecule has 0 saturated heterocycles. The van der Waals surface area contributed by atoms with Crippen molar-refractivity contribution < 1.29 is 29.2 Å². The smallest absolute Gasteiger partial charge is 5.00 e. The molecule has 0 aromatic rings. The van der Waals surface area contributed by atoms with Crippen LogP contribution >= 0.6 is 8.34 Å². The zero-order chi connectivity index (χ0) is 2.71. The van der Waals surface area contributed by atoms with Crippen LogP contribution in [-0.4, -0.2) is 0 Å². The molecule has 0 spiro atoms. The van der Waals surface area contributed by atoms with Crippen LogP contribution in [0.15, 0.2) is 0 Å². The van der Waals surface area contributed by atoms with Gasteiger partial charge in [-0.3, -0.25) is 0 Å². The maximum absolute atomic E-state index is 8.35. The van der Waals surface area contributed by atoms with Gasteiger partial charge in [0.15, 0.2) is 0 Å². The van der Waals surface area contributed by atoms with Gasteiger partial charge in [-0.1, -0.05) is 0 Å². The molecule has 0 unspecified atom stereocenters. The quantitative estimate of drug-likeness (QED) is 0.488. The van der Waals surface area contributed by atoms with Crippen LogP contribution < -0.4 is 0 Å². The van der Waals surface area contributed by atoms with E-state index in [2.05, 4.69) is 0 Å². The molecule has 0 heterocycles. The average Bonchev–Trinajstić information content (AvgIpc) is 0.918. The predicted molar refractivity (Wildman–Crippen MR) is 8.29 cm³/mol. The van der Waals surface area contributed by atoms with Crippen molar-refractivity contribution in [3.63, 3.8) is 0 Å². The van der Waals surface area contributed by atoms with Gasteiger partial charge in [0.25, 0.3) is 0 Å². The molecule has 0 aromatic heterocycles. The van der Waals surface area contributed by atoms with E-state index in [1.807, 2.05) is 0 Å². The summed E-state index contributed by atoms with van der Waals surface area (Å²) in [6.45, 7) is 0. The summed E-state index contributed by atoms with van der Waals surface area (Å²) in [5, 5.41) is 0. The monoisotopic (exact) mass is 160 g/mol. The molecule has 18 valence electrons. The molecule has 0 aromatic carbocycles. The zero-order valence-corrected chi connectivity index (χ0v) is 4.39. The molecule has 4 heteroatoms. The van der Waals surface area contributed by atoms with E-state index >= 15 is 0 Å². The van der Waals surface area contributed by atoms with Crippen LogP contribution in [0.25, 0.3) is 0 Å². The van der Waals surface area contributed by atoms with Crippen LogP contribution in [-0.2, 0) is 29.2 Å². The minimum atomic E-state index is -1.08. The Bertz CT molecular complexity index is 27.0. The van der Waals surface area contributed by atoms with Gasteiger partial charge in [-0.2, -0.15) is 0 Å². The molecule has 0 saturated carbocycles. The molecule has 0 aliphatic heterocycles. The van der Waals surface area contributed by atoms with Gasteiger partial charge in [0.1, 0.15) is 0 Å². The van der Waals surface area contributed by atoms with Gasteiger partial charge in [0.2, 0.25) is 0 Å². The summed E-state index contributed by atoms with van der Waals surface area (Å²) in [7, 11) is -1.08. The molecular weight excluding hydrogens is 161 g/mol. The standard InChI is InChI=1S/O2P.Tc/c1-3-2;/q+1;+5. The third kappa shape index (κ3) is 16.4. The van der Waals surface area contributed by atoms with Crippen molar-refractivity contribution in [3.8, 4) is 0 Å². The topological polar surface area (TPSA) is 34.1 Å². The van der Waals surface area contributed by atoms with E-state index < -0.39 is 8.34 Å². The van der Waals surface area contributed by atoms with Gasteiger partial charge >= 0.3 is 37.6 Å². The van der Waals surface area contributed by atoms with E-state index in [1.54, 1.807) is 0 Å². The number of rotatable bonds is 0. The Kier molecular flexibility index (Phi) is 20.7. The van der Waals surface area contributed by atoms with E-state index in [1.165, 1.54) is 0 Å². The van der Waals surface area contributed by atoms with Crippen molar-refractivity contribution in [3.05, 3.63) is 0 Å². The molecule has 0 atom stereocenters. The Morgan fingerprint density at radius 1 is 1.25 bits per heavy atom. The van der Waals surface area contributed by atoms with Gasteiger partial charge in [-0.15, -0.1) is 0 Å². The number of hydrogen-bond acceptors (Lipinski definition) is 2. The van der Waals surface area contributed by atoms with Gasteiger partial charge < -0.3 is 0 Å². The summed E-state index contributed by atoms with van der Waals surface area (Å²) < 4.78 is 16.7. The minimum Gasteiger partial charge on any atom is 5.00 e. The fraction of sp³-hybridized carbons (Fsp3) is 0. The molecule has 0 N–H and O–H groups in total. The van der Waals surface area contributed by atoms with Gasteiger partial charge in [-0.25, -0.2) is 0 Å².